The molecule has 8 heteroatoms. The number of likely N-dealkylation sites (N-methyl/N-ethyl adjacent to an activating group) is 1. The highest BCUT2D eigenvalue weighted by atomic mass is 19.1. The Morgan fingerprint density at radius 2 is 2.11 bits per heavy atom. The van der Waals surface area contributed by atoms with E-state index >= 15 is 0 Å². The highest BCUT2D eigenvalue weighted by Crippen LogP contribution is 2.33. The van der Waals surface area contributed by atoms with Crippen molar-refractivity contribution in [3.05, 3.63) is 48.0 Å². The third-order valence-electron chi connectivity index (χ3n) is 5.87. The van der Waals surface area contributed by atoms with E-state index in [1.165, 1.54) is 12.1 Å². The van der Waals surface area contributed by atoms with Crippen LogP contribution in [0.1, 0.15) is 12.0 Å². The lowest BCUT2D eigenvalue weighted by Gasteiger charge is -2.46. The van der Waals surface area contributed by atoms with Crippen LogP contribution in [0.2, 0.25) is 0 Å². The predicted octanol–water partition coefficient (Wildman–Crippen LogP) is 1.05. The monoisotopic (exact) mass is 385 g/mol. The number of likely N-dealkylation sites (tertiary alicyclic amines) is 1. The van der Waals surface area contributed by atoms with Crippen molar-refractivity contribution in [3.8, 4) is 0 Å². The van der Waals surface area contributed by atoms with E-state index in [0.29, 0.717) is 31.7 Å². The Hall–Kier alpha value is -2.74. The third kappa shape index (κ3) is 3.40. The number of halogens is 1. The first kappa shape index (κ1) is 18.6. The average molecular weight is 385 g/mol. The molecule has 1 aromatic heterocycles. The Kier molecular flexibility index (Phi) is 4.66. The van der Waals surface area contributed by atoms with E-state index in [9.17, 15) is 14.0 Å². The lowest BCUT2D eigenvalue weighted by Crippen LogP contribution is -2.64. The van der Waals surface area contributed by atoms with Gasteiger partial charge >= 0.3 is 0 Å². The summed E-state index contributed by atoms with van der Waals surface area (Å²) in [4.78, 5) is 31.0. The molecule has 2 fully saturated rings. The molecule has 4 rings (SSSR count). The molecule has 7 nitrogen and oxygen atoms in total. The quantitative estimate of drug-likeness (QED) is 0.793. The van der Waals surface area contributed by atoms with Gasteiger partial charge in [0.2, 0.25) is 11.8 Å². The summed E-state index contributed by atoms with van der Waals surface area (Å²) in [6.07, 6.45) is 4.50. The molecule has 0 bridgehead atoms. The smallest absolute Gasteiger partial charge is 0.241 e. The largest absolute Gasteiger partial charge is 0.340 e. The van der Waals surface area contributed by atoms with Crippen LogP contribution in [0.15, 0.2) is 36.7 Å². The number of benzene rings is 1. The Morgan fingerprint density at radius 3 is 2.82 bits per heavy atom. The fourth-order valence-corrected chi connectivity index (χ4v) is 4.19. The van der Waals surface area contributed by atoms with E-state index < -0.39 is 0 Å². The molecule has 2 aromatic rings. The molecule has 1 aromatic carbocycles. The van der Waals surface area contributed by atoms with Crippen molar-refractivity contribution >= 4 is 17.5 Å². The summed E-state index contributed by atoms with van der Waals surface area (Å²) in [5.74, 6) is -0.313. The Balaban J connectivity index is 1.49. The molecule has 2 amide bonds. The molecule has 3 heterocycles. The number of aryl methyl sites for hydroxylation is 1. The highest BCUT2D eigenvalue weighted by molar-refractivity contribution is 5.95. The van der Waals surface area contributed by atoms with Gasteiger partial charge in [0.05, 0.1) is 30.4 Å². The minimum absolute atomic E-state index is 0.0132. The fraction of sp³-hybridized carbons (Fsp3) is 0.450. The number of nitrogens with zero attached hydrogens (tertiary/aromatic N) is 5. The van der Waals surface area contributed by atoms with Gasteiger partial charge < -0.3 is 9.80 Å². The average Bonchev–Trinajstić information content (AvgIpc) is 3.26. The first-order valence-electron chi connectivity index (χ1n) is 9.39. The fourth-order valence-electron chi connectivity index (χ4n) is 4.19. The molecule has 0 N–H and O–H groups in total. The summed E-state index contributed by atoms with van der Waals surface area (Å²) in [6, 6.07) is 6.16. The van der Waals surface area contributed by atoms with E-state index in [-0.39, 0.29) is 29.6 Å². The first-order valence-corrected chi connectivity index (χ1v) is 9.39. The number of amides is 2. The molecular formula is C20H24FN5O2. The minimum Gasteiger partial charge on any atom is -0.340 e. The number of rotatable bonds is 3. The Bertz CT molecular complexity index is 914. The van der Waals surface area contributed by atoms with Gasteiger partial charge in [-0.15, -0.1) is 0 Å². The van der Waals surface area contributed by atoms with E-state index in [2.05, 4.69) is 10.00 Å². The van der Waals surface area contributed by atoms with Crippen molar-refractivity contribution in [2.45, 2.75) is 18.4 Å². The number of carbonyl (C=O) groups excluding carboxylic acids is 2. The molecule has 1 unspecified atom stereocenters. The molecule has 2 saturated heterocycles. The van der Waals surface area contributed by atoms with E-state index in [0.717, 1.165) is 12.1 Å². The number of aromatic nitrogens is 2. The molecular weight excluding hydrogens is 361 g/mol. The second kappa shape index (κ2) is 7.01. The summed E-state index contributed by atoms with van der Waals surface area (Å²) in [5.41, 5.74) is 1.18. The van der Waals surface area contributed by atoms with Crippen LogP contribution in [0.5, 0.6) is 0 Å². The number of carbonyl (C=O) groups is 2. The number of anilines is 1. The predicted molar refractivity (Wildman–Crippen MR) is 102 cm³/mol. The van der Waals surface area contributed by atoms with Crippen LogP contribution < -0.4 is 4.90 Å². The van der Waals surface area contributed by atoms with Gasteiger partial charge in [-0.3, -0.25) is 19.2 Å². The van der Waals surface area contributed by atoms with Crippen LogP contribution >= 0.6 is 0 Å². The lowest BCUT2D eigenvalue weighted by atomic mass is 9.93. The maximum atomic E-state index is 13.4. The van der Waals surface area contributed by atoms with Crippen LogP contribution in [0.4, 0.5) is 10.1 Å². The minimum atomic E-state index is -0.333. The standard InChI is InChI=1S/C20H24FN5O2/c1-23-12-19(28)26(17-10-22-24(2)11-17)14-20(23)6-7-25(13-20)18(27)9-15-4-3-5-16(21)8-15/h3-5,8,10-11H,6-7,9,12-14H2,1-2H3. The van der Waals surface area contributed by atoms with Gasteiger partial charge in [-0.1, -0.05) is 12.1 Å². The molecule has 148 valence electrons. The molecule has 2 aliphatic rings. The Morgan fingerprint density at radius 1 is 1.29 bits per heavy atom. The molecule has 0 saturated carbocycles. The summed E-state index contributed by atoms with van der Waals surface area (Å²) in [6.45, 7) is 2.02. The second-order valence-electron chi connectivity index (χ2n) is 7.80. The summed E-state index contributed by atoms with van der Waals surface area (Å²) >= 11 is 0. The van der Waals surface area contributed by atoms with Gasteiger partial charge in [-0.25, -0.2) is 4.39 Å². The maximum Gasteiger partial charge on any atom is 0.241 e. The zero-order valence-electron chi connectivity index (χ0n) is 16.1. The van der Waals surface area contributed by atoms with Crippen molar-refractivity contribution in [1.82, 2.24) is 19.6 Å². The van der Waals surface area contributed by atoms with E-state index in [4.69, 9.17) is 0 Å². The molecule has 1 spiro atoms. The number of hydrogen-bond acceptors (Lipinski definition) is 4. The van der Waals surface area contributed by atoms with Crippen LogP contribution in [0.25, 0.3) is 0 Å². The van der Waals surface area contributed by atoms with Gasteiger partial charge in [-0.2, -0.15) is 5.10 Å². The van der Waals surface area contributed by atoms with Crippen molar-refractivity contribution in [1.29, 1.82) is 0 Å². The van der Waals surface area contributed by atoms with Gasteiger partial charge in [0, 0.05) is 32.9 Å². The number of piperazine rings is 1. The van der Waals surface area contributed by atoms with E-state index in [1.807, 2.05) is 25.2 Å². The summed E-state index contributed by atoms with van der Waals surface area (Å²) < 4.78 is 15.1. The Labute approximate surface area is 163 Å². The SMILES string of the molecule is CN1CC(=O)N(c2cnn(C)c2)CC12CCN(C(=O)Cc1cccc(F)c1)C2. The third-order valence-corrected chi connectivity index (χ3v) is 5.87. The summed E-state index contributed by atoms with van der Waals surface area (Å²) in [7, 11) is 3.77. The van der Waals surface area contributed by atoms with Gasteiger partial charge in [-0.05, 0) is 31.2 Å². The zero-order chi connectivity index (χ0) is 19.9. The van der Waals surface area contributed by atoms with Crippen LogP contribution in [-0.2, 0) is 23.1 Å². The maximum absolute atomic E-state index is 13.4. The van der Waals surface area contributed by atoms with Crippen molar-refractivity contribution < 1.29 is 14.0 Å². The van der Waals surface area contributed by atoms with Crippen molar-refractivity contribution in [2.24, 2.45) is 7.05 Å². The number of hydrogen-bond donors (Lipinski definition) is 0. The molecule has 1 atom stereocenters. The van der Waals surface area contributed by atoms with Crippen LogP contribution in [0, 0.1) is 5.82 Å². The van der Waals surface area contributed by atoms with Crippen LogP contribution in [-0.4, -0.2) is 70.2 Å². The lowest BCUT2D eigenvalue weighted by molar-refractivity contribution is -0.130. The second-order valence-corrected chi connectivity index (χ2v) is 7.80. The normalized spacial score (nSPS) is 23.0. The van der Waals surface area contributed by atoms with Gasteiger partial charge in [0.1, 0.15) is 5.82 Å². The van der Waals surface area contributed by atoms with Gasteiger partial charge in [0.25, 0.3) is 0 Å². The topological polar surface area (TPSA) is 61.7 Å². The first-order chi connectivity index (χ1) is 13.4. The van der Waals surface area contributed by atoms with Gasteiger partial charge in [0.15, 0.2) is 0 Å². The summed E-state index contributed by atoms with van der Waals surface area (Å²) in [5, 5.41) is 4.17. The molecule has 2 aliphatic heterocycles. The van der Waals surface area contributed by atoms with Crippen molar-refractivity contribution in [3.63, 3.8) is 0 Å². The molecule has 28 heavy (non-hydrogen) atoms. The van der Waals surface area contributed by atoms with Crippen LogP contribution in [0.3, 0.4) is 0 Å². The molecule has 0 aliphatic carbocycles. The highest BCUT2D eigenvalue weighted by Gasteiger charge is 2.48. The zero-order valence-corrected chi connectivity index (χ0v) is 16.1. The van der Waals surface area contributed by atoms with Crippen molar-refractivity contribution in [2.75, 3.05) is 38.1 Å². The molecule has 0 radical (unpaired) electrons. The van der Waals surface area contributed by atoms with E-state index in [1.54, 1.807) is 27.9 Å².